The van der Waals surface area contributed by atoms with Crippen LogP contribution >= 0.6 is 0 Å². The van der Waals surface area contributed by atoms with Gasteiger partial charge in [-0.1, -0.05) is 0 Å². The minimum Gasteiger partial charge on any atom is -0.497 e. The zero-order chi connectivity index (χ0) is 16.9. The minimum atomic E-state index is -3.67. The first kappa shape index (κ1) is 17.5. The van der Waals surface area contributed by atoms with Gasteiger partial charge in [0.2, 0.25) is 16.8 Å². The summed E-state index contributed by atoms with van der Waals surface area (Å²) < 4.78 is 46.9. The first-order chi connectivity index (χ1) is 10.9. The number of sulfonamides is 1. The van der Waals surface area contributed by atoms with Gasteiger partial charge in [0.25, 0.3) is 0 Å². The predicted molar refractivity (Wildman–Crippen MR) is 79.8 cm³/mol. The lowest BCUT2D eigenvalue weighted by atomic mass is 10.3. The maximum Gasteiger partial charge on any atom is 0.305 e. The Hall–Kier alpha value is -1.84. The second-order valence-corrected chi connectivity index (χ2v) is 6.70. The lowest BCUT2D eigenvalue weighted by Crippen LogP contribution is -2.40. The Labute approximate surface area is 134 Å². The molecule has 128 valence electrons. The van der Waals surface area contributed by atoms with Crippen LogP contribution in [0.15, 0.2) is 23.1 Å². The molecule has 2 rings (SSSR count). The maximum atomic E-state index is 12.7. The molecule has 1 saturated heterocycles. The van der Waals surface area contributed by atoms with E-state index in [1.807, 2.05) is 0 Å². The van der Waals surface area contributed by atoms with Gasteiger partial charge >= 0.3 is 5.97 Å². The Kier molecular flexibility index (Phi) is 5.80. The number of hydrogen-bond acceptors (Lipinski definition) is 7. The molecule has 1 aromatic rings. The van der Waals surface area contributed by atoms with E-state index in [-0.39, 0.29) is 17.4 Å². The normalized spacial score (nSPS) is 15.9. The van der Waals surface area contributed by atoms with Crippen LogP contribution in [0, 0.1) is 0 Å². The van der Waals surface area contributed by atoms with Crippen molar-refractivity contribution < 1.29 is 32.2 Å². The van der Waals surface area contributed by atoms with Crippen molar-refractivity contribution in [2.45, 2.75) is 11.8 Å². The molecule has 0 amide bonds. The summed E-state index contributed by atoms with van der Waals surface area (Å²) in [5.41, 5.74) is 0. The second kappa shape index (κ2) is 7.62. The van der Waals surface area contributed by atoms with Crippen LogP contribution in [0.3, 0.4) is 0 Å². The molecule has 9 heteroatoms. The van der Waals surface area contributed by atoms with E-state index >= 15 is 0 Å². The molecule has 1 aromatic carbocycles. The van der Waals surface area contributed by atoms with Gasteiger partial charge in [0.05, 0.1) is 25.2 Å². The first-order valence-corrected chi connectivity index (χ1v) is 8.40. The molecule has 0 spiro atoms. The first-order valence-electron chi connectivity index (χ1n) is 6.96. The van der Waals surface area contributed by atoms with Crippen LogP contribution in [0.4, 0.5) is 0 Å². The van der Waals surface area contributed by atoms with Crippen molar-refractivity contribution in [3.8, 4) is 11.5 Å². The third kappa shape index (κ3) is 4.57. The van der Waals surface area contributed by atoms with Gasteiger partial charge in [-0.2, -0.15) is 4.31 Å². The van der Waals surface area contributed by atoms with Gasteiger partial charge in [-0.15, -0.1) is 0 Å². The quantitative estimate of drug-likeness (QED) is 0.551. The largest absolute Gasteiger partial charge is 0.497 e. The summed E-state index contributed by atoms with van der Waals surface area (Å²) in [6.07, 6.45) is 0. The third-order valence-corrected chi connectivity index (χ3v) is 5.06. The van der Waals surface area contributed by atoms with Crippen LogP contribution in [0.2, 0.25) is 0 Å². The maximum absolute atomic E-state index is 12.7. The number of benzene rings is 1. The monoisotopic (exact) mass is 345 g/mol. The highest BCUT2D eigenvalue weighted by Gasteiger charge is 2.27. The number of carbonyl (C=O) groups excluding carboxylic acids is 1. The molecule has 0 N–H and O–H groups in total. The topological polar surface area (TPSA) is 91.4 Å². The molecule has 8 nitrogen and oxygen atoms in total. The van der Waals surface area contributed by atoms with Crippen LogP contribution in [0.1, 0.15) is 6.92 Å². The van der Waals surface area contributed by atoms with E-state index in [9.17, 15) is 13.2 Å². The average molecular weight is 345 g/mol. The molecule has 0 bridgehead atoms. The molecule has 1 fully saturated rings. The number of rotatable bonds is 6. The summed E-state index contributed by atoms with van der Waals surface area (Å²) in [4.78, 5) is 10.8. The number of morpholine rings is 1. The standard InChI is InChI=1S/C14H19NO7S/c1-11(16)21-10-22-13-7-12(19-2)8-14(9-13)23(17,18)15-3-5-20-6-4-15/h7-9H,3-6,10H2,1-2H3. The van der Waals surface area contributed by atoms with Gasteiger partial charge in [0.1, 0.15) is 11.5 Å². The number of hydrogen-bond donors (Lipinski definition) is 0. The Morgan fingerprint density at radius 2 is 1.87 bits per heavy atom. The highest BCUT2D eigenvalue weighted by Crippen LogP contribution is 2.28. The van der Waals surface area contributed by atoms with Crippen LogP contribution in [-0.4, -0.2) is 58.9 Å². The SMILES string of the molecule is COc1cc(OCOC(C)=O)cc(S(=O)(=O)N2CCOCC2)c1. The zero-order valence-corrected chi connectivity index (χ0v) is 13.8. The molecule has 0 aliphatic carbocycles. The smallest absolute Gasteiger partial charge is 0.305 e. The van der Waals surface area contributed by atoms with E-state index in [2.05, 4.69) is 4.74 Å². The van der Waals surface area contributed by atoms with Gasteiger partial charge in [0.15, 0.2) is 0 Å². The summed E-state index contributed by atoms with van der Waals surface area (Å²) in [7, 11) is -2.25. The number of ether oxygens (including phenoxy) is 4. The molecule has 0 radical (unpaired) electrons. The van der Waals surface area contributed by atoms with Crippen molar-refractivity contribution in [3.05, 3.63) is 18.2 Å². The van der Waals surface area contributed by atoms with Crippen molar-refractivity contribution in [1.29, 1.82) is 0 Å². The van der Waals surface area contributed by atoms with Gasteiger partial charge in [-0.05, 0) is 0 Å². The molecule has 23 heavy (non-hydrogen) atoms. The molecule has 0 unspecified atom stereocenters. The predicted octanol–water partition coefficient (Wildman–Crippen LogP) is 0.615. The van der Waals surface area contributed by atoms with E-state index < -0.39 is 16.0 Å². The lowest BCUT2D eigenvalue weighted by molar-refractivity contribution is -0.147. The highest BCUT2D eigenvalue weighted by molar-refractivity contribution is 7.89. The van der Waals surface area contributed by atoms with Crippen LogP contribution < -0.4 is 9.47 Å². The molecule has 1 heterocycles. The van der Waals surface area contributed by atoms with E-state index in [4.69, 9.17) is 14.2 Å². The summed E-state index contributed by atoms with van der Waals surface area (Å²) in [5.74, 6) is 0.0728. The summed E-state index contributed by atoms with van der Waals surface area (Å²) in [5, 5.41) is 0. The van der Waals surface area contributed by atoms with Gasteiger partial charge in [-0.3, -0.25) is 4.79 Å². The molecule has 0 atom stereocenters. The minimum absolute atomic E-state index is 0.0524. The Morgan fingerprint density at radius 3 is 2.48 bits per heavy atom. The fraction of sp³-hybridized carbons (Fsp3) is 0.500. The zero-order valence-electron chi connectivity index (χ0n) is 13.0. The molecular weight excluding hydrogens is 326 g/mol. The lowest BCUT2D eigenvalue weighted by Gasteiger charge is -2.26. The number of nitrogens with zero attached hydrogens (tertiary/aromatic N) is 1. The average Bonchev–Trinajstić information content (AvgIpc) is 2.55. The summed E-state index contributed by atoms with van der Waals surface area (Å²) in [6, 6.07) is 4.31. The molecule has 0 aromatic heterocycles. The van der Waals surface area contributed by atoms with E-state index in [1.54, 1.807) is 0 Å². The molecule has 1 aliphatic rings. The number of esters is 1. The molecule has 1 aliphatic heterocycles. The van der Waals surface area contributed by atoms with E-state index in [0.717, 1.165) is 0 Å². The van der Waals surface area contributed by atoms with Gasteiger partial charge in [0, 0.05) is 38.2 Å². The highest BCUT2D eigenvalue weighted by atomic mass is 32.2. The summed E-state index contributed by atoms with van der Waals surface area (Å²) in [6.45, 7) is 2.26. The number of methoxy groups -OCH3 is 1. The molecule has 0 saturated carbocycles. The Balaban J connectivity index is 2.24. The van der Waals surface area contributed by atoms with Crippen molar-refractivity contribution in [1.82, 2.24) is 4.31 Å². The Bertz CT molecular complexity index is 653. The fourth-order valence-corrected chi connectivity index (χ4v) is 3.47. The van der Waals surface area contributed by atoms with Crippen molar-refractivity contribution in [2.24, 2.45) is 0 Å². The van der Waals surface area contributed by atoms with Gasteiger partial charge in [-0.25, -0.2) is 8.42 Å². The van der Waals surface area contributed by atoms with E-state index in [1.165, 1.54) is 36.5 Å². The van der Waals surface area contributed by atoms with Crippen LogP contribution in [-0.2, 0) is 24.3 Å². The van der Waals surface area contributed by atoms with Crippen molar-refractivity contribution in [2.75, 3.05) is 40.2 Å². The second-order valence-electron chi connectivity index (χ2n) is 4.76. The fourth-order valence-electron chi connectivity index (χ4n) is 2.01. The van der Waals surface area contributed by atoms with Crippen LogP contribution in [0.5, 0.6) is 11.5 Å². The summed E-state index contributed by atoms with van der Waals surface area (Å²) >= 11 is 0. The van der Waals surface area contributed by atoms with Crippen molar-refractivity contribution in [3.63, 3.8) is 0 Å². The number of carbonyl (C=O) groups is 1. The van der Waals surface area contributed by atoms with Gasteiger partial charge < -0.3 is 18.9 Å². The van der Waals surface area contributed by atoms with E-state index in [0.29, 0.717) is 32.1 Å². The Morgan fingerprint density at radius 1 is 1.22 bits per heavy atom. The third-order valence-electron chi connectivity index (χ3n) is 3.18. The van der Waals surface area contributed by atoms with Crippen LogP contribution in [0.25, 0.3) is 0 Å². The molecular formula is C14H19NO7S. The van der Waals surface area contributed by atoms with Crippen molar-refractivity contribution >= 4 is 16.0 Å².